The lowest BCUT2D eigenvalue weighted by Crippen LogP contribution is -2.03. The minimum absolute atomic E-state index is 0.338. The van der Waals surface area contributed by atoms with E-state index in [9.17, 15) is 0 Å². The van der Waals surface area contributed by atoms with Crippen molar-refractivity contribution in [3.05, 3.63) is 58.6 Å². The summed E-state index contributed by atoms with van der Waals surface area (Å²) in [6.45, 7) is 0.608. The first-order chi connectivity index (χ1) is 10.2. The molecule has 0 bridgehead atoms. The lowest BCUT2D eigenvalue weighted by atomic mass is 10.1. The van der Waals surface area contributed by atoms with E-state index in [1.54, 1.807) is 13.2 Å². The van der Waals surface area contributed by atoms with Crippen LogP contribution in [0, 0.1) is 0 Å². The van der Waals surface area contributed by atoms with Crippen molar-refractivity contribution in [1.29, 1.82) is 0 Å². The zero-order valence-corrected chi connectivity index (χ0v) is 13.5. The summed E-state index contributed by atoms with van der Waals surface area (Å²) in [6, 6.07) is 13.9. The van der Waals surface area contributed by atoms with Crippen LogP contribution in [0.15, 0.2) is 42.5 Å². The SMILES string of the molecule is COc1cc(Cl)cc(CCl)c1OCCCc1ccccc1. The van der Waals surface area contributed by atoms with E-state index in [4.69, 9.17) is 32.7 Å². The molecule has 2 aromatic carbocycles. The molecule has 0 aliphatic carbocycles. The maximum atomic E-state index is 6.03. The quantitative estimate of drug-likeness (QED) is 0.521. The second-order valence-electron chi connectivity index (χ2n) is 4.67. The van der Waals surface area contributed by atoms with Crippen molar-refractivity contribution >= 4 is 23.2 Å². The second kappa shape index (κ2) is 8.16. The molecule has 0 heterocycles. The first-order valence-electron chi connectivity index (χ1n) is 6.83. The van der Waals surface area contributed by atoms with Gasteiger partial charge in [0.1, 0.15) is 0 Å². The summed E-state index contributed by atoms with van der Waals surface area (Å²) in [6.07, 6.45) is 1.91. The van der Waals surface area contributed by atoms with Gasteiger partial charge in [-0.1, -0.05) is 41.9 Å². The first-order valence-corrected chi connectivity index (χ1v) is 7.75. The summed E-state index contributed by atoms with van der Waals surface area (Å²) in [7, 11) is 1.60. The minimum Gasteiger partial charge on any atom is -0.493 e. The number of hydrogen-bond donors (Lipinski definition) is 0. The van der Waals surface area contributed by atoms with Crippen LogP contribution in [0.4, 0.5) is 0 Å². The standard InChI is InChI=1S/C17H18Cl2O2/c1-20-16-11-15(19)10-14(12-18)17(16)21-9-5-8-13-6-3-2-4-7-13/h2-4,6-7,10-11H,5,8-9,12H2,1H3. The highest BCUT2D eigenvalue weighted by Gasteiger charge is 2.12. The molecule has 112 valence electrons. The Kier molecular flexibility index (Phi) is 6.21. The molecule has 0 aliphatic rings. The molecule has 0 aliphatic heterocycles. The molecule has 4 heteroatoms. The summed E-state index contributed by atoms with van der Waals surface area (Å²) >= 11 is 12.0. The maximum absolute atomic E-state index is 6.03. The van der Waals surface area contributed by atoms with Gasteiger partial charge in [0, 0.05) is 16.7 Å². The number of hydrogen-bond acceptors (Lipinski definition) is 2. The van der Waals surface area contributed by atoms with Crippen LogP contribution in [0.1, 0.15) is 17.5 Å². The Morgan fingerprint density at radius 1 is 1.10 bits per heavy atom. The molecule has 0 spiro atoms. The maximum Gasteiger partial charge on any atom is 0.165 e. The third-order valence-corrected chi connectivity index (χ3v) is 3.67. The Bertz CT molecular complexity index is 545. The van der Waals surface area contributed by atoms with Crippen LogP contribution in [0.25, 0.3) is 0 Å². The molecule has 2 nitrogen and oxygen atoms in total. The van der Waals surface area contributed by atoms with Crippen molar-refractivity contribution in [2.45, 2.75) is 18.7 Å². The van der Waals surface area contributed by atoms with E-state index < -0.39 is 0 Å². The smallest absolute Gasteiger partial charge is 0.165 e. The average molecular weight is 325 g/mol. The van der Waals surface area contributed by atoms with E-state index in [0.29, 0.717) is 29.0 Å². The van der Waals surface area contributed by atoms with Crippen molar-refractivity contribution in [2.24, 2.45) is 0 Å². The molecule has 0 N–H and O–H groups in total. The number of alkyl halides is 1. The number of rotatable bonds is 7. The van der Waals surface area contributed by atoms with Gasteiger partial charge >= 0.3 is 0 Å². The van der Waals surface area contributed by atoms with Crippen LogP contribution < -0.4 is 9.47 Å². The number of benzene rings is 2. The molecule has 21 heavy (non-hydrogen) atoms. The van der Waals surface area contributed by atoms with E-state index in [1.807, 2.05) is 24.3 Å². The number of ether oxygens (including phenoxy) is 2. The number of methoxy groups -OCH3 is 1. The Balaban J connectivity index is 1.96. The van der Waals surface area contributed by atoms with E-state index in [2.05, 4.69) is 12.1 Å². The summed E-state index contributed by atoms with van der Waals surface area (Å²) < 4.78 is 11.2. The van der Waals surface area contributed by atoms with Gasteiger partial charge in [0.25, 0.3) is 0 Å². The Hall–Kier alpha value is -1.38. The second-order valence-corrected chi connectivity index (χ2v) is 5.37. The Labute approximate surface area is 135 Å². The largest absolute Gasteiger partial charge is 0.493 e. The van der Waals surface area contributed by atoms with E-state index >= 15 is 0 Å². The molecule has 2 rings (SSSR count). The predicted octanol–water partition coefficient (Wildman–Crippen LogP) is 5.10. The molecule has 2 aromatic rings. The van der Waals surface area contributed by atoms with Gasteiger partial charge in [-0.2, -0.15) is 0 Å². The summed E-state index contributed by atoms with van der Waals surface area (Å²) in [4.78, 5) is 0. The van der Waals surface area contributed by atoms with Gasteiger partial charge in [0.05, 0.1) is 19.6 Å². The highest BCUT2D eigenvalue weighted by atomic mass is 35.5. The Morgan fingerprint density at radius 2 is 1.86 bits per heavy atom. The van der Waals surface area contributed by atoms with Crippen LogP contribution in [0.3, 0.4) is 0 Å². The van der Waals surface area contributed by atoms with Crippen molar-refractivity contribution < 1.29 is 9.47 Å². The summed E-state index contributed by atoms with van der Waals surface area (Å²) in [5.41, 5.74) is 2.16. The third kappa shape index (κ3) is 4.55. The summed E-state index contributed by atoms with van der Waals surface area (Å²) in [5.74, 6) is 1.65. The molecule has 0 fully saturated rings. The van der Waals surface area contributed by atoms with Gasteiger partial charge in [0.15, 0.2) is 11.5 Å². The van der Waals surface area contributed by atoms with Crippen LogP contribution in [-0.2, 0) is 12.3 Å². The molecule has 0 unspecified atom stereocenters. The fraction of sp³-hybridized carbons (Fsp3) is 0.294. The van der Waals surface area contributed by atoms with Crippen molar-refractivity contribution in [2.75, 3.05) is 13.7 Å². The van der Waals surface area contributed by atoms with Gasteiger partial charge < -0.3 is 9.47 Å². The highest BCUT2D eigenvalue weighted by molar-refractivity contribution is 6.31. The molecule has 0 amide bonds. The van der Waals surface area contributed by atoms with Crippen molar-refractivity contribution in [3.63, 3.8) is 0 Å². The zero-order valence-electron chi connectivity index (χ0n) is 11.9. The first kappa shape index (κ1) is 16.0. The molecule has 0 saturated carbocycles. The van der Waals surface area contributed by atoms with Gasteiger partial charge in [-0.15, -0.1) is 11.6 Å². The fourth-order valence-corrected chi connectivity index (χ4v) is 2.56. The number of aryl methyl sites for hydroxylation is 1. The van der Waals surface area contributed by atoms with E-state index in [0.717, 1.165) is 18.4 Å². The number of halogens is 2. The van der Waals surface area contributed by atoms with Crippen molar-refractivity contribution in [3.8, 4) is 11.5 Å². The molecular weight excluding hydrogens is 307 g/mol. The van der Waals surface area contributed by atoms with Gasteiger partial charge in [-0.3, -0.25) is 0 Å². The van der Waals surface area contributed by atoms with Crippen LogP contribution in [0.2, 0.25) is 5.02 Å². The average Bonchev–Trinajstić information content (AvgIpc) is 2.52. The van der Waals surface area contributed by atoms with Gasteiger partial charge in [-0.25, -0.2) is 0 Å². The van der Waals surface area contributed by atoms with Crippen molar-refractivity contribution in [1.82, 2.24) is 0 Å². The lowest BCUT2D eigenvalue weighted by molar-refractivity contribution is 0.287. The monoisotopic (exact) mass is 324 g/mol. The molecule has 0 saturated heterocycles. The Morgan fingerprint density at radius 3 is 2.52 bits per heavy atom. The fourth-order valence-electron chi connectivity index (χ4n) is 2.13. The van der Waals surface area contributed by atoms with Crippen LogP contribution in [-0.4, -0.2) is 13.7 Å². The topological polar surface area (TPSA) is 18.5 Å². The molecule has 0 aromatic heterocycles. The molecule has 0 atom stereocenters. The molecular formula is C17H18Cl2O2. The predicted molar refractivity (Wildman–Crippen MR) is 87.8 cm³/mol. The van der Waals surface area contributed by atoms with E-state index in [-0.39, 0.29) is 0 Å². The molecule has 0 radical (unpaired) electrons. The summed E-state index contributed by atoms with van der Waals surface area (Å²) in [5, 5.41) is 0.596. The van der Waals surface area contributed by atoms with Crippen LogP contribution in [0.5, 0.6) is 11.5 Å². The third-order valence-electron chi connectivity index (χ3n) is 3.16. The van der Waals surface area contributed by atoms with E-state index in [1.165, 1.54) is 5.56 Å². The normalized spacial score (nSPS) is 10.4. The minimum atomic E-state index is 0.338. The van der Waals surface area contributed by atoms with Gasteiger partial charge in [-0.05, 0) is 24.5 Å². The zero-order chi connectivity index (χ0) is 15.1. The highest BCUT2D eigenvalue weighted by Crippen LogP contribution is 2.35. The lowest BCUT2D eigenvalue weighted by Gasteiger charge is -2.14. The van der Waals surface area contributed by atoms with Crippen LogP contribution >= 0.6 is 23.2 Å². The van der Waals surface area contributed by atoms with Gasteiger partial charge in [0.2, 0.25) is 0 Å².